The van der Waals surface area contributed by atoms with E-state index in [2.05, 4.69) is 0 Å². The number of halogens is 1. The number of benzene rings is 2. The first kappa shape index (κ1) is 24.7. The van der Waals surface area contributed by atoms with Crippen molar-refractivity contribution in [1.29, 1.82) is 0 Å². The molecule has 2 aromatic rings. The van der Waals surface area contributed by atoms with E-state index in [1.165, 1.54) is 26.2 Å². The van der Waals surface area contributed by atoms with E-state index in [1.54, 1.807) is 6.07 Å². The molecule has 0 heterocycles. The molecule has 0 saturated carbocycles. The highest BCUT2D eigenvalue weighted by molar-refractivity contribution is 7.93. The van der Waals surface area contributed by atoms with Crippen LogP contribution in [0.15, 0.2) is 35.2 Å². The Balaban J connectivity index is 2.82. The molecule has 0 atom stereocenters. The van der Waals surface area contributed by atoms with Gasteiger partial charge in [-0.05, 0) is 54.2 Å². The van der Waals surface area contributed by atoms with Crippen LogP contribution < -0.4 is 14.8 Å². The molecule has 2 rings (SSSR count). The van der Waals surface area contributed by atoms with Crippen molar-refractivity contribution < 1.29 is 22.7 Å². The summed E-state index contributed by atoms with van der Waals surface area (Å²) in [5, 5.41) is 0.0950. The summed E-state index contributed by atoms with van der Waals surface area (Å²) >= 11 is 6.50. The smallest absolute Gasteiger partial charge is 0.333 e. The van der Waals surface area contributed by atoms with E-state index in [9.17, 15) is 18.0 Å². The third kappa shape index (κ3) is 4.85. The quantitative estimate of drug-likeness (QED) is 0.573. The average molecular weight is 467 g/mol. The first-order chi connectivity index (χ1) is 14.3. The molecule has 0 saturated heterocycles. The number of sulfonamides is 1. The normalized spacial score (nSPS) is 11.6. The van der Waals surface area contributed by atoms with Crippen LogP contribution in [0.3, 0.4) is 0 Å². The largest absolute Gasteiger partial charge is 0.496 e. The fourth-order valence-corrected chi connectivity index (χ4v) is 4.98. The number of Topliss-reactive ketones (excluding diaryl/α,β-unsaturated/α-hetero) is 1. The maximum Gasteiger partial charge on any atom is 0.333 e. The van der Waals surface area contributed by atoms with Gasteiger partial charge in [-0.2, -0.15) is 4.31 Å². The van der Waals surface area contributed by atoms with Gasteiger partial charge < -0.3 is 10.5 Å². The monoisotopic (exact) mass is 466 g/mol. The molecule has 2 aromatic carbocycles. The second-order valence-corrected chi connectivity index (χ2v) is 9.97. The van der Waals surface area contributed by atoms with Crippen molar-refractivity contribution in [2.24, 2.45) is 5.73 Å². The van der Waals surface area contributed by atoms with Crippen molar-refractivity contribution in [3.63, 3.8) is 0 Å². The summed E-state index contributed by atoms with van der Waals surface area (Å²) in [5.74, 6) is -0.171. The number of hydrogen-bond donors (Lipinski definition) is 1. The van der Waals surface area contributed by atoms with E-state index in [4.69, 9.17) is 22.1 Å². The van der Waals surface area contributed by atoms with Crippen LogP contribution in [0.1, 0.15) is 67.9 Å². The summed E-state index contributed by atoms with van der Waals surface area (Å²) in [5.41, 5.74) is 7.09. The van der Waals surface area contributed by atoms with Gasteiger partial charge in [0.05, 0.1) is 28.3 Å². The number of rotatable bonds is 7. The van der Waals surface area contributed by atoms with Crippen molar-refractivity contribution in [2.45, 2.75) is 51.3 Å². The number of nitrogens with zero attached hydrogens (tertiary/aromatic N) is 1. The summed E-state index contributed by atoms with van der Waals surface area (Å²) in [4.78, 5) is 24.1. The van der Waals surface area contributed by atoms with E-state index in [0.717, 1.165) is 11.6 Å². The number of ketones is 1. The summed E-state index contributed by atoms with van der Waals surface area (Å²) in [6.07, 6.45) is 0. The zero-order chi connectivity index (χ0) is 23.7. The van der Waals surface area contributed by atoms with E-state index in [-0.39, 0.29) is 44.5 Å². The highest BCUT2D eigenvalue weighted by Crippen LogP contribution is 2.40. The lowest BCUT2D eigenvalue weighted by molar-refractivity contribution is 0.101. The third-order valence-corrected chi connectivity index (χ3v) is 6.88. The van der Waals surface area contributed by atoms with Crippen LogP contribution in [-0.4, -0.2) is 27.3 Å². The SMILES string of the molecule is COc1ccc(S(=O)(=O)N(C(N)=O)c2c(Cl)cc(C(C)C)cc2C(C)C)cc1C(C)=O. The molecule has 0 aliphatic heterocycles. The Bertz CT molecular complexity index is 1130. The van der Waals surface area contributed by atoms with Crippen molar-refractivity contribution in [3.05, 3.63) is 52.0 Å². The van der Waals surface area contributed by atoms with Gasteiger partial charge in [-0.3, -0.25) is 4.79 Å². The zero-order valence-electron chi connectivity index (χ0n) is 18.4. The molecule has 7 nitrogen and oxygen atoms in total. The minimum atomic E-state index is -4.48. The second-order valence-electron chi connectivity index (χ2n) is 7.78. The molecule has 2 N–H and O–H groups in total. The van der Waals surface area contributed by atoms with Crippen LogP contribution in [-0.2, 0) is 10.0 Å². The molecule has 9 heteroatoms. The number of nitrogens with two attached hydrogens (primary N) is 1. The Labute approximate surface area is 188 Å². The van der Waals surface area contributed by atoms with E-state index in [1.807, 2.05) is 33.8 Å². The van der Waals surface area contributed by atoms with E-state index in [0.29, 0.717) is 9.87 Å². The standard InChI is InChI=1S/C22H27ClN2O5S/c1-12(2)15-9-17(13(3)4)21(19(23)10-15)25(22(24)27)31(28,29)16-7-8-20(30-6)18(11-16)14(5)26/h7-13H,1-6H3,(H2,24,27). The van der Waals surface area contributed by atoms with Crippen molar-refractivity contribution in [3.8, 4) is 5.75 Å². The molecule has 0 aromatic heterocycles. The Morgan fingerprint density at radius 1 is 1.06 bits per heavy atom. The minimum Gasteiger partial charge on any atom is -0.496 e. The lowest BCUT2D eigenvalue weighted by Gasteiger charge is -2.27. The molecule has 0 bridgehead atoms. The lowest BCUT2D eigenvalue weighted by atomic mass is 9.94. The van der Waals surface area contributed by atoms with E-state index < -0.39 is 16.1 Å². The topological polar surface area (TPSA) is 107 Å². The average Bonchev–Trinajstić information content (AvgIpc) is 2.67. The second kappa shape index (κ2) is 9.28. The number of carbonyl (C=O) groups excluding carboxylic acids is 2. The number of amides is 2. The molecule has 0 aliphatic carbocycles. The minimum absolute atomic E-state index is 0.00811. The highest BCUT2D eigenvalue weighted by atomic mass is 35.5. The maximum absolute atomic E-state index is 13.5. The summed E-state index contributed by atoms with van der Waals surface area (Å²) in [7, 11) is -3.11. The predicted octanol–water partition coefficient (Wildman–Crippen LogP) is 5.07. The van der Waals surface area contributed by atoms with Gasteiger partial charge in [0.1, 0.15) is 5.75 Å². The van der Waals surface area contributed by atoms with Gasteiger partial charge in [0, 0.05) is 0 Å². The Morgan fingerprint density at radius 2 is 1.68 bits per heavy atom. The first-order valence-corrected chi connectivity index (χ1v) is 11.5. The van der Waals surface area contributed by atoms with Crippen LogP contribution in [0.2, 0.25) is 5.02 Å². The van der Waals surface area contributed by atoms with Gasteiger partial charge in [0.25, 0.3) is 10.0 Å². The van der Waals surface area contributed by atoms with Crippen molar-refractivity contribution >= 4 is 39.1 Å². The molecule has 2 amide bonds. The van der Waals surface area contributed by atoms with Crippen LogP contribution in [0.5, 0.6) is 5.75 Å². The molecule has 0 radical (unpaired) electrons. The number of hydrogen-bond acceptors (Lipinski definition) is 5. The first-order valence-electron chi connectivity index (χ1n) is 9.70. The van der Waals surface area contributed by atoms with Crippen LogP contribution in [0.4, 0.5) is 10.5 Å². The molecule has 168 valence electrons. The Kier molecular flexibility index (Phi) is 7.39. The fraction of sp³-hybridized carbons (Fsp3) is 0.364. The highest BCUT2D eigenvalue weighted by Gasteiger charge is 2.34. The summed E-state index contributed by atoms with van der Waals surface area (Å²) in [6.45, 7) is 8.99. The number of methoxy groups -OCH3 is 1. The van der Waals surface area contributed by atoms with Crippen LogP contribution in [0.25, 0.3) is 0 Å². The van der Waals surface area contributed by atoms with Gasteiger partial charge >= 0.3 is 6.03 Å². The predicted molar refractivity (Wildman–Crippen MR) is 122 cm³/mol. The van der Waals surface area contributed by atoms with Gasteiger partial charge in [0.2, 0.25) is 0 Å². The number of anilines is 1. The molecule has 0 aliphatic rings. The van der Waals surface area contributed by atoms with Gasteiger partial charge in [-0.1, -0.05) is 45.4 Å². The van der Waals surface area contributed by atoms with Gasteiger partial charge in [-0.25, -0.2) is 13.2 Å². The van der Waals surface area contributed by atoms with Crippen LogP contribution >= 0.6 is 11.6 Å². The molecule has 0 fully saturated rings. The summed E-state index contributed by atoms with van der Waals surface area (Å²) in [6, 6.07) is 6.03. The Morgan fingerprint density at radius 3 is 2.13 bits per heavy atom. The Hall–Kier alpha value is -2.58. The maximum atomic E-state index is 13.5. The van der Waals surface area contributed by atoms with Gasteiger partial charge in [-0.15, -0.1) is 0 Å². The van der Waals surface area contributed by atoms with Crippen molar-refractivity contribution in [1.82, 2.24) is 0 Å². The number of primary amides is 1. The summed E-state index contributed by atoms with van der Waals surface area (Å²) < 4.78 is 32.6. The molecule has 0 spiro atoms. The molecule has 0 unspecified atom stereocenters. The molecule has 31 heavy (non-hydrogen) atoms. The molecular formula is C22H27ClN2O5S. The third-order valence-electron chi connectivity index (χ3n) is 4.90. The van der Waals surface area contributed by atoms with Crippen LogP contribution in [0, 0.1) is 0 Å². The fourth-order valence-electron chi connectivity index (χ4n) is 3.21. The van der Waals surface area contributed by atoms with Crippen molar-refractivity contribution in [2.75, 3.05) is 11.4 Å². The number of ether oxygens (including phenoxy) is 1. The number of carbonyl (C=O) groups is 2. The number of urea groups is 1. The van der Waals surface area contributed by atoms with Gasteiger partial charge in [0.15, 0.2) is 5.78 Å². The molecular weight excluding hydrogens is 440 g/mol. The lowest BCUT2D eigenvalue weighted by Crippen LogP contribution is -2.41. The zero-order valence-corrected chi connectivity index (χ0v) is 20.0. The van der Waals surface area contributed by atoms with E-state index >= 15 is 0 Å².